The Labute approximate surface area is 161 Å². The van der Waals surface area contributed by atoms with Gasteiger partial charge in [-0.15, -0.1) is 0 Å². The summed E-state index contributed by atoms with van der Waals surface area (Å²) in [6, 6.07) is 7.93. The third-order valence-electron chi connectivity index (χ3n) is 5.22. The van der Waals surface area contributed by atoms with Gasteiger partial charge in [0, 0.05) is 38.6 Å². The lowest BCUT2D eigenvalue weighted by atomic mass is 10.2. The summed E-state index contributed by atoms with van der Waals surface area (Å²) in [6.07, 6.45) is 0.900. The molecule has 2 fully saturated rings. The van der Waals surface area contributed by atoms with E-state index in [1.54, 1.807) is 4.90 Å². The van der Waals surface area contributed by atoms with E-state index in [1.165, 1.54) is 0 Å². The van der Waals surface area contributed by atoms with Gasteiger partial charge in [0.25, 0.3) is 0 Å². The topological polar surface area (TPSA) is 79.0 Å². The van der Waals surface area contributed by atoms with Crippen LogP contribution in [0.4, 0.5) is 11.4 Å². The second-order valence-electron chi connectivity index (χ2n) is 7.03. The summed E-state index contributed by atoms with van der Waals surface area (Å²) < 4.78 is 28.8. The fraction of sp³-hybridized carbons (Fsp3) is 0.632. The van der Waals surface area contributed by atoms with Crippen molar-refractivity contribution in [3.05, 3.63) is 24.3 Å². The summed E-state index contributed by atoms with van der Waals surface area (Å²) in [5.74, 6) is 0.294. The Morgan fingerprint density at radius 1 is 1.30 bits per heavy atom. The molecule has 1 N–H and O–H groups in total. The minimum Gasteiger partial charge on any atom is -0.383 e. The monoisotopic (exact) mass is 395 g/mol. The Kier molecular flexibility index (Phi) is 6.59. The molecule has 8 heteroatoms. The Balaban J connectivity index is 1.55. The summed E-state index contributed by atoms with van der Waals surface area (Å²) >= 11 is 0. The molecule has 2 heterocycles. The number of carbonyl (C=O) groups excluding carboxylic acids is 1. The van der Waals surface area contributed by atoms with Crippen LogP contribution in [0.2, 0.25) is 0 Å². The van der Waals surface area contributed by atoms with Gasteiger partial charge >= 0.3 is 0 Å². The second-order valence-corrected chi connectivity index (χ2v) is 9.26. The van der Waals surface area contributed by atoms with Gasteiger partial charge in [0.2, 0.25) is 5.91 Å². The van der Waals surface area contributed by atoms with Crippen LogP contribution in [0.15, 0.2) is 24.3 Å². The number of sulfone groups is 1. The first-order valence-corrected chi connectivity index (χ1v) is 11.5. The van der Waals surface area contributed by atoms with Crippen LogP contribution in [0.3, 0.4) is 0 Å². The molecule has 0 radical (unpaired) electrons. The molecule has 1 atom stereocenters. The number of rotatable bonds is 7. The molecule has 0 spiro atoms. The third kappa shape index (κ3) is 5.13. The van der Waals surface area contributed by atoms with Crippen LogP contribution in [0.1, 0.15) is 19.8 Å². The Bertz CT molecular complexity index is 747. The number of anilines is 2. The van der Waals surface area contributed by atoms with Gasteiger partial charge in [0.1, 0.15) is 0 Å². The second kappa shape index (κ2) is 8.93. The Morgan fingerprint density at radius 3 is 2.70 bits per heavy atom. The molecular formula is C19H29N3O4S. The van der Waals surface area contributed by atoms with E-state index in [0.29, 0.717) is 25.9 Å². The van der Waals surface area contributed by atoms with E-state index in [0.717, 1.165) is 37.7 Å². The van der Waals surface area contributed by atoms with Gasteiger partial charge in [0.15, 0.2) is 9.84 Å². The van der Waals surface area contributed by atoms with Crippen LogP contribution < -0.4 is 10.2 Å². The largest absolute Gasteiger partial charge is 0.383 e. The highest BCUT2D eigenvalue weighted by Gasteiger charge is 2.33. The first-order chi connectivity index (χ1) is 13.0. The van der Waals surface area contributed by atoms with Gasteiger partial charge in [-0.1, -0.05) is 12.1 Å². The predicted octanol–water partition coefficient (Wildman–Crippen LogP) is 1.36. The summed E-state index contributed by atoms with van der Waals surface area (Å²) in [4.78, 5) is 16.6. The number of amides is 1. The molecule has 1 aromatic carbocycles. The summed E-state index contributed by atoms with van der Waals surface area (Å²) in [5, 5.41) is 3.38. The quantitative estimate of drug-likeness (QED) is 0.751. The van der Waals surface area contributed by atoms with Crippen molar-refractivity contribution in [2.75, 3.05) is 61.1 Å². The zero-order chi connectivity index (χ0) is 19.3. The van der Waals surface area contributed by atoms with Gasteiger partial charge in [-0.3, -0.25) is 4.79 Å². The Morgan fingerprint density at radius 2 is 2.04 bits per heavy atom. The lowest BCUT2D eigenvalue weighted by Gasteiger charge is -2.31. The van der Waals surface area contributed by atoms with E-state index in [2.05, 4.69) is 16.3 Å². The molecule has 1 amide bonds. The number of nitrogens with zero attached hydrogens (tertiary/aromatic N) is 2. The number of carbonyl (C=O) groups is 1. The number of para-hydroxylation sites is 2. The molecule has 27 heavy (non-hydrogen) atoms. The lowest BCUT2D eigenvalue weighted by molar-refractivity contribution is -0.132. The van der Waals surface area contributed by atoms with Crippen molar-refractivity contribution in [1.82, 2.24) is 4.90 Å². The fourth-order valence-electron chi connectivity index (χ4n) is 3.81. The van der Waals surface area contributed by atoms with Crippen LogP contribution in [0, 0.1) is 0 Å². The number of hydrogen-bond acceptors (Lipinski definition) is 6. The van der Waals surface area contributed by atoms with Crippen molar-refractivity contribution in [2.24, 2.45) is 0 Å². The number of hydrogen-bond donors (Lipinski definition) is 1. The van der Waals surface area contributed by atoms with Crippen molar-refractivity contribution < 1.29 is 17.9 Å². The maximum absolute atomic E-state index is 12.6. The zero-order valence-electron chi connectivity index (χ0n) is 15.9. The molecular weight excluding hydrogens is 366 g/mol. The molecule has 1 aromatic rings. The summed E-state index contributed by atoms with van der Waals surface area (Å²) in [6.45, 7) is 6.14. The number of nitrogens with one attached hydrogen (secondary N) is 1. The SMILES string of the molecule is CCN(C(=O)CCNc1ccccc1N1CCOCC1)C1CCS(=O)(=O)C1. The number of morpholine rings is 1. The van der Waals surface area contributed by atoms with Gasteiger partial charge in [-0.25, -0.2) is 8.42 Å². The van der Waals surface area contributed by atoms with E-state index in [1.807, 2.05) is 25.1 Å². The lowest BCUT2D eigenvalue weighted by Crippen LogP contribution is -2.41. The molecule has 150 valence electrons. The smallest absolute Gasteiger partial charge is 0.224 e. The van der Waals surface area contributed by atoms with Crippen molar-refractivity contribution in [3.8, 4) is 0 Å². The predicted molar refractivity (Wildman–Crippen MR) is 107 cm³/mol. The summed E-state index contributed by atoms with van der Waals surface area (Å²) in [5.41, 5.74) is 2.14. The summed E-state index contributed by atoms with van der Waals surface area (Å²) in [7, 11) is -2.99. The van der Waals surface area contributed by atoms with Crippen molar-refractivity contribution >= 4 is 27.1 Å². The molecule has 0 saturated carbocycles. The van der Waals surface area contributed by atoms with Gasteiger partial charge in [-0.2, -0.15) is 0 Å². The molecule has 2 saturated heterocycles. The maximum atomic E-state index is 12.6. The van der Waals surface area contributed by atoms with E-state index in [-0.39, 0.29) is 23.5 Å². The fourth-order valence-corrected chi connectivity index (χ4v) is 5.54. The first kappa shape index (κ1) is 19.9. The molecule has 2 aliphatic heterocycles. The van der Waals surface area contributed by atoms with Gasteiger partial charge < -0.3 is 19.9 Å². The van der Waals surface area contributed by atoms with Gasteiger partial charge in [-0.05, 0) is 25.5 Å². The standard InChI is InChI=1S/C19H29N3O4S/c1-2-22(16-8-14-27(24,25)15-16)19(23)7-9-20-17-5-3-4-6-18(17)21-10-12-26-13-11-21/h3-6,16,20H,2,7-15H2,1H3. The number of ether oxygens (including phenoxy) is 1. The van der Waals surface area contributed by atoms with E-state index in [4.69, 9.17) is 4.74 Å². The molecule has 2 aliphatic rings. The third-order valence-corrected chi connectivity index (χ3v) is 6.97. The van der Waals surface area contributed by atoms with Crippen LogP contribution in [0.25, 0.3) is 0 Å². The molecule has 0 aliphatic carbocycles. The first-order valence-electron chi connectivity index (χ1n) is 9.65. The zero-order valence-corrected chi connectivity index (χ0v) is 16.7. The van der Waals surface area contributed by atoms with Crippen LogP contribution >= 0.6 is 0 Å². The van der Waals surface area contributed by atoms with Crippen LogP contribution in [0.5, 0.6) is 0 Å². The molecule has 3 rings (SSSR count). The van der Waals surface area contributed by atoms with Gasteiger partial charge in [0.05, 0.1) is 36.1 Å². The highest BCUT2D eigenvalue weighted by Crippen LogP contribution is 2.26. The van der Waals surface area contributed by atoms with Crippen molar-refractivity contribution in [2.45, 2.75) is 25.8 Å². The van der Waals surface area contributed by atoms with E-state index < -0.39 is 9.84 Å². The van der Waals surface area contributed by atoms with Crippen LogP contribution in [-0.2, 0) is 19.4 Å². The highest BCUT2D eigenvalue weighted by atomic mass is 32.2. The molecule has 7 nitrogen and oxygen atoms in total. The Hall–Kier alpha value is -1.80. The minimum atomic E-state index is -2.99. The van der Waals surface area contributed by atoms with E-state index >= 15 is 0 Å². The maximum Gasteiger partial charge on any atom is 0.224 e. The number of benzene rings is 1. The van der Waals surface area contributed by atoms with Crippen LogP contribution in [-0.4, -0.2) is 76.2 Å². The molecule has 0 aromatic heterocycles. The van der Waals surface area contributed by atoms with Crippen molar-refractivity contribution in [1.29, 1.82) is 0 Å². The van der Waals surface area contributed by atoms with Crippen molar-refractivity contribution in [3.63, 3.8) is 0 Å². The average molecular weight is 396 g/mol. The average Bonchev–Trinajstić information content (AvgIpc) is 3.03. The molecule has 1 unspecified atom stereocenters. The minimum absolute atomic E-state index is 0.0101. The highest BCUT2D eigenvalue weighted by molar-refractivity contribution is 7.91. The molecule has 0 bridgehead atoms. The normalized spacial score (nSPS) is 21.8. The van der Waals surface area contributed by atoms with E-state index in [9.17, 15) is 13.2 Å².